The maximum Gasteiger partial charge on any atom is 0.136 e. The normalized spacial score (nSPS) is 12.4. The molecule has 0 saturated heterocycles. The van der Waals surface area contributed by atoms with Crippen LogP contribution in [0.1, 0.15) is 6.92 Å². The van der Waals surface area contributed by atoms with E-state index >= 15 is 0 Å². The van der Waals surface area contributed by atoms with Gasteiger partial charge in [-0.05, 0) is 6.92 Å². The van der Waals surface area contributed by atoms with Gasteiger partial charge in [-0.3, -0.25) is 0 Å². The number of likely N-dealkylation sites (N-methyl/N-ethyl adjacent to an activating group) is 1. The Bertz CT molecular complexity index is 102. The number of allylic oxidation sites excluding steroid dienone is 1. The molecule has 2 heteroatoms. The van der Waals surface area contributed by atoms with Crippen molar-refractivity contribution in [1.29, 1.82) is 0 Å². The van der Waals surface area contributed by atoms with Gasteiger partial charge in [0.2, 0.25) is 0 Å². The van der Waals surface area contributed by atoms with E-state index in [1.807, 2.05) is 13.0 Å². The van der Waals surface area contributed by atoms with Crippen LogP contribution >= 0.6 is 0 Å². The Hall–Kier alpha value is -0.500. The van der Waals surface area contributed by atoms with Crippen molar-refractivity contribution in [3.8, 4) is 0 Å². The Balaban J connectivity index is 3.20. The van der Waals surface area contributed by atoms with Crippen molar-refractivity contribution in [2.75, 3.05) is 34.3 Å². The molecule has 2 nitrogen and oxygen atoms in total. The quantitative estimate of drug-likeness (QED) is 0.328. The summed E-state index contributed by atoms with van der Waals surface area (Å²) in [6.07, 6.45) is 3.63. The number of hydrogen-bond donors (Lipinski definition) is 0. The molecule has 0 aliphatic rings. The minimum absolute atomic E-state index is 0.799. The molecule has 0 fully saturated rings. The van der Waals surface area contributed by atoms with Gasteiger partial charge >= 0.3 is 0 Å². The smallest absolute Gasteiger partial charge is 0.136 e. The fraction of sp³-hybridized carbons (Fsp3) is 0.750. The summed E-state index contributed by atoms with van der Waals surface area (Å²) in [5, 5.41) is 0. The molecule has 0 saturated carbocycles. The first-order valence-corrected chi connectivity index (χ1v) is 3.59. The first-order valence-electron chi connectivity index (χ1n) is 3.59. The Morgan fingerprint density at radius 1 is 1.30 bits per heavy atom. The predicted molar refractivity (Wildman–Crippen MR) is 43.7 cm³/mol. The van der Waals surface area contributed by atoms with E-state index in [1.54, 1.807) is 6.26 Å². The van der Waals surface area contributed by atoms with Crippen LogP contribution in [0.2, 0.25) is 0 Å². The average Bonchev–Trinajstić information content (AvgIpc) is 1.78. The van der Waals surface area contributed by atoms with Crippen molar-refractivity contribution in [3.05, 3.63) is 12.3 Å². The first-order chi connectivity index (χ1) is 4.56. The highest BCUT2D eigenvalue weighted by molar-refractivity contribution is 4.64. The highest BCUT2D eigenvalue weighted by Crippen LogP contribution is 1.89. The third-order valence-corrected chi connectivity index (χ3v) is 1.11. The Kier molecular flexibility index (Phi) is 4.12. The molecule has 0 aliphatic heterocycles. The molecule has 0 aromatic rings. The lowest BCUT2D eigenvalue weighted by Crippen LogP contribution is -2.37. The molecule has 0 bridgehead atoms. The van der Waals surface area contributed by atoms with Crippen LogP contribution in [0.25, 0.3) is 0 Å². The van der Waals surface area contributed by atoms with Crippen molar-refractivity contribution in [2.24, 2.45) is 0 Å². The molecule has 0 aromatic heterocycles. The molecule has 10 heavy (non-hydrogen) atoms. The zero-order chi connectivity index (χ0) is 8.04. The van der Waals surface area contributed by atoms with Gasteiger partial charge in [0, 0.05) is 0 Å². The Morgan fingerprint density at radius 3 is 2.30 bits per heavy atom. The summed E-state index contributed by atoms with van der Waals surface area (Å²) >= 11 is 0. The van der Waals surface area contributed by atoms with E-state index in [4.69, 9.17) is 4.74 Å². The van der Waals surface area contributed by atoms with Crippen LogP contribution in [0, 0.1) is 0 Å². The zero-order valence-corrected chi connectivity index (χ0v) is 7.42. The molecule has 60 valence electrons. The molecule has 0 aromatic carbocycles. The first kappa shape index (κ1) is 9.50. The fourth-order valence-corrected chi connectivity index (χ4v) is 0.491. The van der Waals surface area contributed by atoms with Gasteiger partial charge in [0.15, 0.2) is 0 Å². The third kappa shape index (κ3) is 7.50. The van der Waals surface area contributed by atoms with Crippen LogP contribution in [-0.4, -0.2) is 38.8 Å². The van der Waals surface area contributed by atoms with E-state index in [1.165, 1.54) is 0 Å². The van der Waals surface area contributed by atoms with Crippen molar-refractivity contribution < 1.29 is 9.22 Å². The predicted octanol–water partition coefficient (Wildman–Crippen LogP) is 1.24. The summed E-state index contributed by atoms with van der Waals surface area (Å²) in [7, 11) is 6.46. The second kappa shape index (κ2) is 4.34. The topological polar surface area (TPSA) is 9.23 Å². The van der Waals surface area contributed by atoms with Gasteiger partial charge in [-0.2, -0.15) is 0 Å². The molecular weight excluding hydrogens is 126 g/mol. The summed E-state index contributed by atoms with van der Waals surface area (Å²) in [6.45, 7) is 3.80. The molecule has 0 aliphatic carbocycles. The molecular formula is C8H18NO+. The van der Waals surface area contributed by atoms with Crippen molar-refractivity contribution in [3.63, 3.8) is 0 Å². The van der Waals surface area contributed by atoms with E-state index in [0.29, 0.717) is 0 Å². The monoisotopic (exact) mass is 144 g/mol. The van der Waals surface area contributed by atoms with Gasteiger partial charge in [-0.1, -0.05) is 6.08 Å². The highest BCUT2D eigenvalue weighted by Gasteiger charge is 2.04. The van der Waals surface area contributed by atoms with E-state index in [2.05, 4.69) is 21.1 Å². The van der Waals surface area contributed by atoms with Crippen molar-refractivity contribution >= 4 is 0 Å². The van der Waals surface area contributed by atoms with Crippen LogP contribution in [-0.2, 0) is 4.74 Å². The number of ether oxygens (including phenoxy) is 1. The van der Waals surface area contributed by atoms with Gasteiger partial charge < -0.3 is 9.22 Å². The van der Waals surface area contributed by atoms with E-state index in [-0.39, 0.29) is 0 Å². The van der Waals surface area contributed by atoms with E-state index in [9.17, 15) is 0 Å². The average molecular weight is 144 g/mol. The number of rotatable bonds is 4. The largest absolute Gasteiger partial charge is 0.496 e. The molecule has 0 amide bonds. The van der Waals surface area contributed by atoms with Gasteiger partial charge in [-0.15, -0.1) is 0 Å². The molecule has 0 rings (SSSR count). The molecule has 0 spiro atoms. The molecule has 0 N–H and O–H groups in total. The zero-order valence-electron chi connectivity index (χ0n) is 7.42. The lowest BCUT2D eigenvalue weighted by atomic mass is 10.5. The second-order valence-electron chi connectivity index (χ2n) is 3.35. The van der Waals surface area contributed by atoms with E-state index in [0.717, 1.165) is 17.6 Å². The van der Waals surface area contributed by atoms with Crippen LogP contribution in [0.15, 0.2) is 12.3 Å². The summed E-state index contributed by atoms with van der Waals surface area (Å²) in [5.74, 6) is 0. The van der Waals surface area contributed by atoms with Crippen LogP contribution in [0.4, 0.5) is 0 Å². The summed E-state index contributed by atoms with van der Waals surface area (Å²) in [5.41, 5.74) is 0. The van der Waals surface area contributed by atoms with Gasteiger partial charge in [0.1, 0.15) is 13.2 Å². The summed E-state index contributed by atoms with van der Waals surface area (Å²) in [4.78, 5) is 0. The molecule has 0 atom stereocenters. The lowest BCUT2D eigenvalue weighted by Gasteiger charge is -2.22. The van der Waals surface area contributed by atoms with Gasteiger partial charge in [-0.25, -0.2) is 0 Å². The van der Waals surface area contributed by atoms with Crippen LogP contribution < -0.4 is 0 Å². The van der Waals surface area contributed by atoms with Crippen LogP contribution in [0.3, 0.4) is 0 Å². The molecule has 0 unspecified atom stereocenters. The number of hydrogen-bond acceptors (Lipinski definition) is 1. The van der Waals surface area contributed by atoms with Crippen LogP contribution in [0.5, 0.6) is 0 Å². The Labute approximate surface area is 63.7 Å². The lowest BCUT2D eigenvalue weighted by molar-refractivity contribution is -0.870. The molecule has 0 heterocycles. The second-order valence-corrected chi connectivity index (χ2v) is 3.35. The van der Waals surface area contributed by atoms with Gasteiger partial charge in [0.05, 0.1) is 27.4 Å². The maximum atomic E-state index is 5.16. The van der Waals surface area contributed by atoms with Crippen molar-refractivity contribution in [2.45, 2.75) is 6.92 Å². The number of quaternary nitrogens is 1. The highest BCUT2D eigenvalue weighted by atomic mass is 16.5. The fourth-order valence-electron chi connectivity index (χ4n) is 0.491. The van der Waals surface area contributed by atoms with Gasteiger partial charge in [0.25, 0.3) is 0 Å². The minimum Gasteiger partial charge on any atom is -0.496 e. The standard InChI is InChI=1S/C8H18NO/c1-5-7-10-8-6-9(2,3)4/h5,7H,6,8H2,1-4H3/q+1/b7-5+. The Morgan fingerprint density at radius 2 is 1.90 bits per heavy atom. The minimum atomic E-state index is 0.799. The number of nitrogens with zero attached hydrogens (tertiary/aromatic N) is 1. The molecule has 0 radical (unpaired) electrons. The van der Waals surface area contributed by atoms with Crippen molar-refractivity contribution in [1.82, 2.24) is 0 Å². The van der Waals surface area contributed by atoms with E-state index < -0.39 is 0 Å². The maximum absolute atomic E-state index is 5.16. The summed E-state index contributed by atoms with van der Waals surface area (Å²) in [6, 6.07) is 0. The third-order valence-electron chi connectivity index (χ3n) is 1.11. The SMILES string of the molecule is C/C=C/OCC[N+](C)(C)C. The summed E-state index contributed by atoms with van der Waals surface area (Å²) < 4.78 is 6.12.